The number of fused-ring (bicyclic) bond motifs is 1. The third-order valence-corrected chi connectivity index (χ3v) is 6.31. The summed E-state index contributed by atoms with van der Waals surface area (Å²) < 4.78 is 42.3. The summed E-state index contributed by atoms with van der Waals surface area (Å²) in [6.07, 6.45) is 4.46. The average molecular weight is 448 g/mol. The number of carboxylic acids is 1. The van der Waals surface area contributed by atoms with Gasteiger partial charge in [0.25, 0.3) is 0 Å². The molecule has 4 rings (SSSR count). The molecule has 8 heteroatoms. The number of likely N-dealkylation sites (tertiary alicyclic amines) is 1. The molecule has 0 aliphatic carbocycles. The number of aliphatic carboxylic acids is 1. The molecular weight excluding hydrogens is 419 g/mol. The van der Waals surface area contributed by atoms with Crippen LogP contribution in [0.1, 0.15) is 55.0 Å². The van der Waals surface area contributed by atoms with E-state index in [1.54, 1.807) is 4.90 Å². The number of pyridine rings is 1. The first-order valence-electron chi connectivity index (χ1n) is 11.1. The summed E-state index contributed by atoms with van der Waals surface area (Å²) in [4.78, 5) is 17.6. The number of aryl methyl sites for hydroxylation is 2. The van der Waals surface area contributed by atoms with Crippen molar-refractivity contribution in [3.8, 4) is 0 Å². The fourth-order valence-corrected chi connectivity index (χ4v) is 4.71. The summed E-state index contributed by atoms with van der Waals surface area (Å²) in [5, 5.41) is 12.5. The van der Waals surface area contributed by atoms with Crippen molar-refractivity contribution < 1.29 is 23.1 Å². The molecule has 1 fully saturated rings. The standard InChI is InChI=1S/C24H28F3N3O2/c25-18-10-17(11-19(26)12-18)21(13-22(31)32)30-14-24(27,15-30)8-2-1-5-20-7-6-16-4-3-9-28-23(16)29-20/h6-7,10-12,21H,1-5,8-9,13-15H2,(H,28,29)(H,31,32). The van der Waals surface area contributed by atoms with Gasteiger partial charge < -0.3 is 10.4 Å². The molecule has 2 N–H and O–H groups in total. The molecule has 1 atom stereocenters. The van der Waals surface area contributed by atoms with E-state index < -0.39 is 29.3 Å². The third kappa shape index (κ3) is 5.41. The van der Waals surface area contributed by atoms with Crippen molar-refractivity contribution >= 4 is 11.8 Å². The second kappa shape index (κ2) is 9.48. The molecule has 0 radical (unpaired) electrons. The number of unbranched alkanes of at least 4 members (excludes halogenated alkanes) is 1. The highest BCUT2D eigenvalue weighted by Gasteiger charge is 2.46. The van der Waals surface area contributed by atoms with Gasteiger partial charge in [0.1, 0.15) is 23.1 Å². The molecule has 3 heterocycles. The molecule has 1 saturated heterocycles. The molecule has 0 saturated carbocycles. The van der Waals surface area contributed by atoms with Crippen LogP contribution in [-0.2, 0) is 17.6 Å². The highest BCUT2D eigenvalue weighted by atomic mass is 19.1. The minimum Gasteiger partial charge on any atom is -0.481 e. The Morgan fingerprint density at radius 2 is 1.94 bits per heavy atom. The number of carbonyl (C=O) groups is 1. The maximum absolute atomic E-state index is 15.1. The number of aromatic nitrogens is 1. The lowest BCUT2D eigenvalue weighted by Gasteiger charge is -2.48. The Hall–Kier alpha value is -2.61. The molecule has 2 aromatic rings. The quantitative estimate of drug-likeness (QED) is 0.547. The summed E-state index contributed by atoms with van der Waals surface area (Å²) in [5.41, 5.74) is 1.05. The number of carboxylic acid groups (broad SMARTS) is 1. The number of hydrogen-bond acceptors (Lipinski definition) is 4. The number of nitrogens with zero attached hydrogens (tertiary/aromatic N) is 2. The SMILES string of the molecule is O=C(O)CC(c1cc(F)cc(F)c1)N1CC(F)(CCCCc2ccc3c(n2)NCCC3)C1. The van der Waals surface area contributed by atoms with Crippen LogP contribution in [0.4, 0.5) is 19.0 Å². The summed E-state index contributed by atoms with van der Waals surface area (Å²) in [6.45, 7) is 1.06. The Morgan fingerprint density at radius 3 is 2.66 bits per heavy atom. The van der Waals surface area contributed by atoms with E-state index >= 15 is 4.39 Å². The molecule has 5 nitrogen and oxygen atoms in total. The van der Waals surface area contributed by atoms with Crippen LogP contribution in [0.25, 0.3) is 0 Å². The van der Waals surface area contributed by atoms with Gasteiger partial charge in [-0.05, 0) is 67.9 Å². The fraction of sp³-hybridized carbons (Fsp3) is 0.500. The first-order valence-corrected chi connectivity index (χ1v) is 11.1. The summed E-state index contributed by atoms with van der Waals surface area (Å²) in [6, 6.07) is 6.38. The Morgan fingerprint density at radius 1 is 1.19 bits per heavy atom. The van der Waals surface area contributed by atoms with Crippen LogP contribution >= 0.6 is 0 Å². The molecule has 2 aliphatic rings. The van der Waals surface area contributed by atoms with Gasteiger partial charge in [-0.15, -0.1) is 0 Å². The van der Waals surface area contributed by atoms with Gasteiger partial charge in [0.05, 0.1) is 6.42 Å². The number of rotatable bonds is 9. The molecule has 1 unspecified atom stereocenters. The first kappa shape index (κ1) is 22.6. The molecule has 1 aromatic heterocycles. The van der Waals surface area contributed by atoms with Crippen LogP contribution in [-0.4, -0.2) is 46.3 Å². The lowest BCUT2D eigenvalue weighted by molar-refractivity contribution is -0.141. The van der Waals surface area contributed by atoms with Gasteiger partial charge in [0.2, 0.25) is 0 Å². The highest BCUT2D eigenvalue weighted by Crippen LogP contribution is 2.39. The van der Waals surface area contributed by atoms with Gasteiger partial charge >= 0.3 is 5.97 Å². The number of anilines is 1. The number of nitrogens with one attached hydrogen (secondary N) is 1. The summed E-state index contributed by atoms with van der Waals surface area (Å²) in [7, 11) is 0. The van der Waals surface area contributed by atoms with Crippen molar-refractivity contribution in [2.24, 2.45) is 0 Å². The van der Waals surface area contributed by atoms with Crippen LogP contribution in [0.15, 0.2) is 30.3 Å². The predicted molar refractivity (Wildman–Crippen MR) is 115 cm³/mol. The van der Waals surface area contributed by atoms with Gasteiger partial charge in [-0.2, -0.15) is 0 Å². The molecule has 0 spiro atoms. The third-order valence-electron chi connectivity index (χ3n) is 6.31. The van der Waals surface area contributed by atoms with Gasteiger partial charge in [-0.3, -0.25) is 9.69 Å². The first-order chi connectivity index (χ1) is 15.3. The molecule has 1 aromatic carbocycles. The van der Waals surface area contributed by atoms with Crippen molar-refractivity contribution in [1.82, 2.24) is 9.88 Å². The molecule has 0 amide bonds. The van der Waals surface area contributed by atoms with Crippen molar-refractivity contribution in [2.45, 2.75) is 56.7 Å². The smallest absolute Gasteiger partial charge is 0.305 e. The minimum atomic E-state index is -1.41. The predicted octanol–water partition coefficient (Wildman–Crippen LogP) is 4.67. The number of benzene rings is 1. The second-order valence-corrected chi connectivity index (χ2v) is 8.92. The Balaban J connectivity index is 1.28. The molecular formula is C24H28F3N3O2. The van der Waals surface area contributed by atoms with Gasteiger partial charge in [0.15, 0.2) is 0 Å². The van der Waals surface area contributed by atoms with Crippen molar-refractivity contribution in [1.29, 1.82) is 0 Å². The largest absolute Gasteiger partial charge is 0.481 e. The van der Waals surface area contributed by atoms with E-state index in [4.69, 9.17) is 0 Å². The summed E-state index contributed by atoms with van der Waals surface area (Å²) in [5.74, 6) is -1.67. The Bertz CT molecular complexity index is 959. The zero-order valence-electron chi connectivity index (χ0n) is 17.9. The molecule has 172 valence electrons. The number of hydrogen-bond donors (Lipinski definition) is 2. The average Bonchev–Trinajstić information content (AvgIpc) is 2.72. The molecule has 2 aliphatic heterocycles. The summed E-state index contributed by atoms with van der Waals surface area (Å²) >= 11 is 0. The second-order valence-electron chi connectivity index (χ2n) is 8.92. The Labute approximate surface area is 185 Å². The van der Waals surface area contributed by atoms with E-state index in [1.165, 1.54) is 5.56 Å². The van der Waals surface area contributed by atoms with Crippen molar-refractivity contribution in [3.63, 3.8) is 0 Å². The van der Waals surface area contributed by atoms with E-state index in [2.05, 4.69) is 16.4 Å². The zero-order valence-corrected chi connectivity index (χ0v) is 17.9. The van der Waals surface area contributed by atoms with E-state index in [0.717, 1.165) is 61.9 Å². The maximum Gasteiger partial charge on any atom is 0.305 e. The van der Waals surface area contributed by atoms with E-state index in [-0.39, 0.29) is 25.1 Å². The van der Waals surface area contributed by atoms with Crippen molar-refractivity contribution in [2.75, 3.05) is 25.0 Å². The lowest BCUT2D eigenvalue weighted by atomic mass is 9.86. The fourth-order valence-electron chi connectivity index (χ4n) is 4.71. The highest BCUT2D eigenvalue weighted by molar-refractivity contribution is 5.68. The normalized spacial score (nSPS) is 18.3. The van der Waals surface area contributed by atoms with Crippen LogP contribution in [0, 0.1) is 11.6 Å². The molecule has 32 heavy (non-hydrogen) atoms. The van der Waals surface area contributed by atoms with Crippen LogP contribution in [0.2, 0.25) is 0 Å². The van der Waals surface area contributed by atoms with Gasteiger partial charge in [-0.25, -0.2) is 18.2 Å². The van der Waals surface area contributed by atoms with Gasteiger partial charge in [-0.1, -0.05) is 6.07 Å². The van der Waals surface area contributed by atoms with E-state index in [1.807, 2.05) is 6.07 Å². The number of alkyl halides is 1. The van der Waals surface area contributed by atoms with Crippen LogP contribution < -0.4 is 5.32 Å². The minimum absolute atomic E-state index is 0.0596. The lowest BCUT2D eigenvalue weighted by Crippen LogP contribution is -2.60. The number of halogens is 3. The molecule has 0 bridgehead atoms. The van der Waals surface area contributed by atoms with Crippen molar-refractivity contribution in [3.05, 3.63) is 58.8 Å². The topological polar surface area (TPSA) is 65.5 Å². The van der Waals surface area contributed by atoms with E-state index in [9.17, 15) is 18.7 Å². The Kier molecular flexibility index (Phi) is 6.69. The van der Waals surface area contributed by atoms with E-state index in [0.29, 0.717) is 12.8 Å². The van der Waals surface area contributed by atoms with Crippen LogP contribution in [0.5, 0.6) is 0 Å². The van der Waals surface area contributed by atoms with Gasteiger partial charge in [0, 0.05) is 37.4 Å². The van der Waals surface area contributed by atoms with Crippen LogP contribution in [0.3, 0.4) is 0 Å². The zero-order chi connectivity index (χ0) is 22.7. The monoisotopic (exact) mass is 447 g/mol. The maximum atomic E-state index is 15.1.